The van der Waals surface area contributed by atoms with Crippen molar-refractivity contribution in [3.05, 3.63) is 58.3 Å². The van der Waals surface area contributed by atoms with Gasteiger partial charge in [0.2, 0.25) is 0 Å². The number of non-ortho nitro benzene ring substituents is 1. The summed E-state index contributed by atoms with van der Waals surface area (Å²) in [7, 11) is 0. The molecule has 3 aromatic rings. The van der Waals surface area contributed by atoms with Crippen LogP contribution in [0.15, 0.2) is 42.6 Å². The van der Waals surface area contributed by atoms with E-state index in [0.717, 1.165) is 11.2 Å². The highest BCUT2D eigenvalue weighted by Crippen LogP contribution is 2.21. The summed E-state index contributed by atoms with van der Waals surface area (Å²) in [4.78, 5) is 14.7. The first-order valence-electron chi connectivity index (χ1n) is 5.71. The minimum absolute atomic E-state index is 0.0348. The van der Waals surface area contributed by atoms with Crippen LogP contribution in [0.5, 0.6) is 0 Å². The third-order valence-electron chi connectivity index (χ3n) is 2.81. The number of aromatic nitrogens is 3. The zero-order valence-electron chi connectivity index (χ0n) is 10.1. The Morgan fingerprint density at radius 1 is 1.26 bits per heavy atom. The lowest BCUT2D eigenvalue weighted by Crippen LogP contribution is -1.89. The number of nitro benzene ring substituents is 1. The fourth-order valence-corrected chi connectivity index (χ4v) is 1.86. The van der Waals surface area contributed by atoms with Crippen LogP contribution >= 0.6 is 0 Å². The maximum Gasteiger partial charge on any atom is 0.270 e. The van der Waals surface area contributed by atoms with Gasteiger partial charge in [0.15, 0.2) is 11.5 Å². The molecule has 0 fully saturated rings. The first-order chi connectivity index (χ1) is 9.13. The number of nitro groups is 1. The Morgan fingerprint density at radius 3 is 2.89 bits per heavy atom. The molecule has 0 spiro atoms. The smallest absolute Gasteiger partial charge is 0.258 e. The summed E-state index contributed by atoms with van der Waals surface area (Å²) in [5.41, 5.74) is 2.48. The van der Waals surface area contributed by atoms with E-state index in [2.05, 4.69) is 10.1 Å². The summed E-state index contributed by atoms with van der Waals surface area (Å²) in [6, 6.07) is 10.1. The molecule has 0 N–H and O–H groups in total. The van der Waals surface area contributed by atoms with E-state index >= 15 is 0 Å². The van der Waals surface area contributed by atoms with E-state index in [1.807, 2.05) is 25.3 Å². The highest BCUT2D eigenvalue weighted by molar-refractivity contribution is 5.61. The molecule has 19 heavy (non-hydrogen) atoms. The van der Waals surface area contributed by atoms with Crippen molar-refractivity contribution in [1.29, 1.82) is 0 Å². The Bertz CT molecular complexity index is 779. The monoisotopic (exact) mass is 254 g/mol. The third-order valence-corrected chi connectivity index (χ3v) is 2.81. The van der Waals surface area contributed by atoms with Gasteiger partial charge in [0.25, 0.3) is 5.69 Å². The molecule has 6 heteroatoms. The van der Waals surface area contributed by atoms with Crippen LogP contribution in [0.4, 0.5) is 5.69 Å². The molecule has 2 aromatic heterocycles. The van der Waals surface area contributed by atoms with Gasteiger partial charge < -0.3 is 0 Å². The lowest BCUT2D eigenvalue weighted by molar-refractivity contribution is -0.384. The maximum atomic E-state index is 10.8. The van der Waals surface area contributed by atoms with Crippen molar-refractivity contribution in [3.63, 3.8) is 0 Å². The van der Waals surface area contributed by atoms with Crippen molar-refractivity contribution in [1.82, 2.24) is 14.6 Å². The summed E-state index contributed by atoms with van der Waals surface area (Å²) in [5.74, 6) is 0.481. The predicted molar refractivity (Wildman–Crippen MR) is 69.8 cm³/mol. The second kappa shape index (κ2) is 4.16. The third kappa shape index (κ3) is 2.03. The second-order valence-electron chi connectivity index (χ2n) is 4.25. The van der Waals surface area contributed by atoms with E-state index in [1.54, 1.807) is 16.6 Å². The van der Waals surface area contributed by atoms with Gasteiger partial charge in [0.05, 0.1) is 4.92 Å². The van der Waals surface area contributed by atoms with Crippen LogP contribution < -0.4 is 0 Å². The first-order valence-corrected chi connectivity index (χ1v) is 5.71. The van der Waals surface area contributed by atoms with Gasteiger partial charge in [-0.3, -0.25) is 10.1 Å². The zero-order chi connectivity index (χ0) is 13.4. The van der Waals surface area contributed by atoms with E-state index < -0.39 is 4.92 Å². The summed E-state index contributed by atoms with van der Waals surface area (Å²) in [6.07, 6.45) is 1.82. The average Bonchev–Trinajstić information content (AvgIpc) is 2.81. The molecule has 0 radical (unpaired) electrons. The molecule has 0 aliphatic heterocycles. The molecule has 0 bridgehead atoms. The fourth-order valence-electron chi connectivity index (χ4n) is 1.86. The van der Waals surface area contributed by atoms with Gasteiger partial charge in [-0.1, -0.05) is 12.1 Å². The Morgan fingerprint density at radius 2 is 2.11 bits per heavy atom. The van der Waals surface area contributed by atoms with Crippen molar-refractivity contribution < 1.29 is 4.92 Å². The molecule has 0 aliphatic carbocycles. The molecule has 0 saturated carbocycles. The van der Waals surface area contributed by atoms with Crippen LogP contribution in [-0.4, -0.2) is 19.5 Å². The van der Waals surface area contributed by atoms with Crippen molar-refractivity contribution in [3.8, 4) is 11.4 Å². The summed E-state index contributed by atoms with van der Waals surface area (Å²) < 4.78 is 1.65. The quantitative estimate of drug-likeness (QED) is 0.520. The largest absolute Gasteiger partial charge is 0.270 e. The van der Waals surface area contributed by atoms with Crippen molar-refractivity contribution >= 4 is 11.3 Å². The van der Waals surface area contributed by atoms with Crippen molar-refractivity contribution in [2.45, 2.75) is 6.92 Å². The average molecular weight is 254 g/mol. The molecule has 0 amide bonds. The van der Waals surface area contributed by atoms with E-state index in [-0.39, 0.29) is 5.69 Å². The number of hydrogen-bond donors (Lipinski definition) is 0. The fraction of sp³-hybridized carbons (Fsp3) is 0.0769. The molecule has 6 nitrogen and oxygen atoms in total. The van der Waals surface area contributed by atoms with E-state index in [9.17, 15) is 10.1 Å². The van der Waals surface area contributed by atoms with Gasteiger partial charge in [-0.15, -0.1) is 5.10 Å². The van der Waals surface area contributed by atoms with E-state index in [0.29, 0.717) is 11.4 Å². The number of fused-ring (bicyclic) bond motifs is 1. The first kappa shape index (κ1) is 11.3. The maximum absolute atomic E-state index is 10.8. The Labute approximate surface area is 108 Å². The summed E-state index contributed by atoms with van der Waals surface area (Å²) >= 11 is 0. The van der Waals surface area contributed by atoms with Gasteiger partial charge in [-0.25, -0.2) is 9.50 Å². The van der Waals surface area contributed by atoms with Gasteiger partial charge in [0, 0.05) is 23.9 Å². The molecule has 0 atom stereocenters. The van der Waals surface area contributed by atoms with E-state index in [1.165, 1.54) is 12.1 Å². The minimum Gasteiger partial charge on any atom is -0.258 e. The van der Waals surface area contributed by atoms with Gasteiger partial charge >= 0.3 is 0 Å². The van der Waals surface area contributed by atoms with Gasteiger partial charge in [-0.05, 0) is 24.6 Å². The number of pyridine rings is 1. The van der Waals surface area contributed by atoms with Crippen molar-refractivity contribution in [2.75, 3.05) is 0 Å². The highest BCUT2D eigenvalue weighted by Gasteiger charge is 2.11. The number of benzene rings is 1. The molecule has 0 aliphatic rings. The Balaban J connectivity index is 2.13. The van der Waals surface area contributed by atoms with Crippen LogP contribution in [0.25, 0.3) is 17.0 Å². The second-order valence-corrected chi connectivity index (χ2v) is 4.25. The Kier molecular flexibility index (Phi) is 2.49. The van der Waals surface area contributed by atoms with Crippen molar-refractivity contribution in [2.24, 2.45) is 0 Å². The number of hydrogen-bond acceptors (Lipinski definition) is 4. The lowest BCUT2D eigenvalue weighted by atomic mass is 10.2. The zero-order valence-corrected chi connectivity index (χ0v) is 10.1. The SMILES string of the molecule is Cc1ccn2nc(-c3cccc([N+](=O)[O-])c3)nc2c1. The molecule has 94 valence electrons. The topological polar surface area (TPSA) is 73.3 Å². The lowest BCUT2D eigenvalue weighted by Gasteiger charge is -1.94. The van der Waals surface area contributed by atoms with Crippen LogP contribution in [0.3, 0.4) is 0 Å². The molecule has 3 rings (SSSR count). The molecular formula is C13H10N4O2. The predicted octanol–water partition coefficient (Wildman–Crippen LogP) is 2.61. The summed E-state index contributed by atoms with van der Waals surface area (Å²) in [6.45, 7) is 1.97. The van der Waals surface area contributed by atoms with E-state index in [4.69, 9.17) is 0 Å². The van der Waals surface area contributed by atoms with Crippen LogP contribution in [0.1, 0.15) is 5.56 Å². The van der Waals surface area contributed by atoms with Gasteiger partial charge in [0.1, 0.15) is 0 Å². The molecule has 1 aromatic carbocycles. The summed E-state index contributed by atoms with van der Waals surface area (Å²) in [5, 5.41) is 15.1. The number of rotatable bonds is 2. The highest BCUT2D eigenvalue weighted by atomic mass is 16.6. The van der Waals surface area contributed by atoms with Gasteiger partial charge in [-0.2, -0.15) is 0 Å². The molecule has 0 saturated heterocycles. The van der Waals surface area contributed by atoms with Crippen LogP contribution in [0, 0.1) is 17.0 Å². The Hall–Kier alpha value is -2.76. The molecule has 2 heterocycles. The standard InChI is InChI=1S/C13H10N4O2/c1-9-5-6-16-12(7-9)14-13(15-16)10-3-2-4-11(8-10)17(18)19/h2-8H,1H3. The normalized spacial score (nSPS) is 10.8. The number of nitrogens with zero attached hydrogens (tertiary/aromatic N) is 4. The van der Waals surface area contributed by atoms with Crippen LogP contribution in [-0.2, 0) is 0 Å². The molecular weight excluding hydrogens is 244 g/mol. The van der Waals surface area contributed by atoms with Crippen LogP contribution in [0.2, 0.25) is 0 Å². The molecule has 0 unspecified atom stereocenters. The minimum atomic E-state index is -0.427. The number of aryl methyl sites for hydroxylation is 1.